The first kappa shape index (κ1) is 18.7. The van der Waals surface area contributed by atoms with E-state index in [2.05, 4.69) is 4.99 Å². The summed E-state index contributed by atoms with van der Waals surface area (Å²) in [4.78, 5) is 29.3. The molecule has 0 spiro atoms. The van der Waals surface area contributed by atoms with E-state index >= 15 is 0 Å². The van der Waals surface area contributed by atoms with Crippen LogP contribution in [0.1, 0.15) is 16.7 Å². The number of nitro benzene ring substituents is 1. The number of carbonyl (C=O) groups is 1. The summed E-state index contributed by atoms with van der Waals surface area (Å²) in [5.41, 5.74) is 2.89. The second-order valence-electron chi connectivity index (χ2n) is 6.11. The van der Waals surface area contributed by atoms with Crippen molar-refractivity contribution < 1.29 is 14.8 Å². The lowest BCUT2D eigenvalue weighted by Gasteiger charge is -2.09. The molecule has 8 heteroatoms. The molecular formula is C19H17N3O4S. The minimum atomic E-state index is -0.666. The van der Waals surface area contributed by atoms with Crippen molar-refractivity contribution >= 4 is 40.3 Å². The lowest BCUT2D eigenvalue weighted by Crippen LogP contribution is -2.23. The Balaban J connectivity index is 1.97. The number of aromatic hydroxyl groups is 1. The van der Waals surface area contributed by atoms with Gasteiger partial charge >= 0.3 is 5.69 Å². The van der Waals surface area contributed by atoms with Gasteiger partial charge in [0.25, 0.3) is 5.91 Å². The number of likely N-dealkylation sites (N-methyl/N-ethyl adjacent to an activating group) is 1. The maximum Gasteiger partial charge on any atom is 0.311 e. The predicted octanol–water partition coefficient (Wildman–Crippen LogP) is 4.15. The molecule has 3 rings (SSSR count). The Hall–Kier alpha value is -3.13. The Morgan fingerprint density at radius 1 is 1.22 bits per heavy atom. The summed E-state index contributed by atoms with van der Waals surface area (Å²) in [5.74, 6) is -0.650. The van der Waals surface area contributed by atoms with Gasteiger partial charge in [0.05, 0.1) is 15.5 Å². The van der Waals surface area contributed by atoms with Crippen molar-refractivity contribution in [2.75, 3.05) is 7.05 Å². The Labute approximate surface area is 160 Å². The minimum absolute atomic E-state index is 0.235. The Morgan fingerprint density at radius 3 is 2.52 bits per heavy atom. The van der Waals surface area contributed by atoms with Crippen LogP contribution < -0.4 is 0 Å². The fourth-order valence-electron chi connectivity index (χ4n) is 2.66. The lowest BCUT2D eigenvalue weighted by molar-refractivity contribution is -0.385. The highest BCUT2D eigenvalue weighted by Gasteiger charge is 2.30. The molecule has 0 bridgehead atoms. The number of benzene rings is 2. The van der Waals surface area contributed by atoms with Gasteiger partial charge in [0.15, 0.2) is 10.9 Å². The maximum absolute atomic E-state index is 12.5. The Kier molecular flexibility index (Phi) is 5.00. The van der Waals surface area contributed by atoms with Crippen LogP contribution in [0.4, 0.5) is 11.4 Å². The van der Waals surface area contributed by atoms with Crippen LogP contribution in [0.3, 0.4) is 0 Å². The predicted molar refractivity (Wildman–Crippen MR) is 106 cm³/mol. The third-order valence-corrected chi connectivity index (χ3v) is 5.20. The number of para-hydroxylation sites is 1. The van der Waals surface area contributed by atoms with E-state index in [1.54, 1.807) is 13.1 Å². The maximum atomic E-state index is 12.5. The number of aliphatic imine (C=N–C) groups is 1. The SMILES string of the molecule is Cc1cccc(C)c1N=C1S/C(=C\c2ccc(O)c([N+](=O)[O-])c2)C(=O)N1C. The number of phenols is 1. The molecule has 2 aromatic rings. The van der Waals surface area contributed by atoms with Crippen LogP contribution in [-0.2, 0) is 4.79 Å². The van der Waals surface area contributed by atoms with Gasteiger partial charge in [-0.25, -0.2) is 4.99 Å². The molecule has 0 radical (unpaired) electrons. The third kappa shape index (κ3) is 3.70. The van der Waals surface area contributed by atoms with Crippen molar-refractivity contribution in [1.82, 2.24) is 4.90 Å². The molecule has 1 fully saturated rings. The van der Waals surface area contributed by atoms with E-state index in [0.717, 1.165) is 16.8 Å². The summed E-state index contributed by atoms with van der Waals surface area (Å²) < 4.78 is 0. The number of amidine groups is 1. The standard InChI is InChI=1S/C19H17N3O4S/c1-11-5-4-6-12(2)17(11)20-19-21(3)18(24)16(27-19)10-13-7-8-15(23)14(9-13)22(25)26/h4-10,23H,1-3H3/b16-10-,20-19?. The summed E-state index contributed by atoms with van der Waals surface area (Å²) in [7, 11) is 1.64. The minimum Gasteiger partial charge on any atom is -0.502 e. The number of rotatable bonds is 3. The summed E-state index contributed by atoms with van der Waals surface area (Å²) in [6, 6.07) is 9.86. The van der Waals surface area contributed by atoms with Crippen LogP contribution in [0.5, 0.6) is 5.75 Å². The van der Waals surface area contributed by atoms with Crippen molar-refractivity contribution in [3.63, 3.8) is 0 Å². The molecule has 0 saturated carbocycles. The van der Waals surface area contributed by atoms with Gasteiger partial charge in [0, 0.05) is 13.1 Å². The second-order valence-corrected chi connectivity index (χ2v) is 7.12. The number of thioether (sulfide) groups is 1. The summed E-state index contributed by atoms with van der Waals surface area (Å²) in [6.45, 7) is 3.92. The Morgan fingerprint density at radius 2 is 1.89 bits per heavy atom. The van der Waals surface area contributed by atoms with Crippen LogP contribution in [-0.4, -0.2) is 33.1 Å². The second kappa shape index (κ2) is 7.24. The zero-order valence-corrected chi connectivity index (χ0v) is 15.8. The van der Waals surface area contributed by atoms with Crippen LogP contribution in [0.15, 0.2) is 46.3 Å². The largest absolute Gasteiger partial charge is 0.502 e. The first-order chi connectivity index (χ1) is 12.8. The van der Waals surface area contributed by atoms with E-state index in [1.807, 2.05) is 32.0 Å². The number of carbonyl (C=O) groups excluding carboxylic acids is 1. The number of aryl methyl sites for hydroxylation is 2. The zero-order chi connectivity index (χ0) is 19.7. The summed E-state index contributed by atoms with van der Waals surface area (Å²) in [6.07, 6.45) is 1.56. The van der Waals surface area contributed by atoms with Crippen molar-refractivity contribution in [1.29, 1.82) is 0 Å². The molecule has 1 amide bonds. The smallest absolute Gasteiger partial charge is 0.311 e. The molecule has 27 heavy (non-hydrogen) atoms. The van der Waals surface area contributed by atoms with Gasteiger partial charge in [0.2, 0.25) is 0 Å². The van der Waals surface area contributed by atoms with Gasteiger partial charge in [-0.3, -0.25) is 19.8 Å². The van der Waals surface area contributed by atoms with E-state index in [9.17, 15) is 20.0 Å². The molecule has 1 saturated heterocycles. The number of hydrogen-bond acceptors (Lipinski definition) is 6. The normalized spacial score (nSPS) is 17.1. The first-order valence-electron chi connectivity index (χ1n) is 8.08. The molecule has 0 atom stereocenters. The molecule has 2 aromatic carbocycles. The highest BCUT2D eigenvalue weighted by molar-refractivity contribution is 8.18. The fourth-order valence-corrected chi connectivity index (χ4v) is 3.63. The van der Waals surface area contributed by atoms with Crippen molar-refractivity contribution in [2.24, 2.45) is 4.99 Å². The summed E-state index contributed by atoms with van der Waals surface area (Å²) >= 11 is 1.21. The zero-order valence-electron chi connectivity index (χ0n) is 15.0. The van der Waals surface area contributed by atoms with Gasteiger partial charge in [-0.2, -0.15) is 0 Å². The molecule has 1 N–H and O–H groups in total. The van der Waals surface area contributed by atoms with Crippen LogP contribution in [0, 0.1) is 24.0 Å². The number of nitro groups is 1. The van der Waals surface area contributed by atoms with Crippen molar-refractivity contribution in [2.45, 2.75) is 13.8 Å². The van der Waals surface area contributed by atoms with E-state index < -0.39 is 16.4 Å². The molecule has 7 nitrogen and oxygen atoms in total. The molecule has 1 heterocycles. The van der Waals surface area contributed by atoms with Gasteiger partial charge in [-0.1, -0.05) is 24.3 Å². The molecule has 1 aliphatic rings. The van der Waals surface area contributed by atoms with Gasteiger partial charge in [-0.15, -0.1) is 0 Å². The highest BCUT2D eigenvalue weighted by atomic mass is 32.2. The molecule has 138 valence electrons. The average molecular weight is 383 g/mol. The van der Waals surface area contributed by atoms with Crippen LogP contribution in [0.25, 0.3) is 6.08 Å². The van der Waals surface area contributed by atoms with Crippen molar-refractivity contribution in [3.8, 4) is 5.75 Å². The van der Waals surface area contributed by atoms with Gasteiger partial charge in [0.1, 0.15) is 0 Å². The lowest BCUT2D eigenvalue weighted by atomic mass is 10.1. The fraction of sp³-hybridized carbons (Fsp3) is 0.158. The first-order valence-corrected chi connectivity index (χ1v) is 8.89. The van der Waals surface area contributed by atoms with E-state index in [1.165, 1.54) is 34.9 Å². The van der Waals surface area contributed by atoms with E-state index in [-0.39, 0.29) is 5.91 Å². The molecule has 0 aromatic heterocycles. The molecule has 0 aliphatic carbocycles. The molecular weight excluding hydrogens is 366 g/mol. The van der Waals surface area contributed by atoms with Gasteiger partial charge in [-0.05, 0) is 54.4 Å². The van der Waals surface area contributed by atoms with E-state index in [0.29, 0.717) is 15.6 Å². The number of phenolic OH excluding ortho intramolecular Hbond substituents is 1. The molecule has 0 unspecified atom stereocenters. The molecule has 1 aliphatic heterocycles. The quantitative estimate of drug-likeness (QED) is 0.488. The topological polar surface area (TPSA) is 96.0 Å². The van der Waals surface area contributed by atoms with Crippen molar-refractivity contribution in [3.05, 3.63) is 68.1 Å². The van der Waals surface area contributed by atoms with E-state index in [4.69, 9.17) is 0 Å². The number of hydrogen-bond donors (Lipinski definition) is 1. The average Bonchev–Trinajstić information content (AvgIpc) is 2.87. The van der Waals surface area contributed by atoms with Crippen LogP contribution >= 0.6 is 11.8 Å². The van der Waals surface area contributed by atoms with Crippen LogP contribution in [0.2, 0.25) is 0 Å². The highest BCUT2D eigenvalue weighted by Crippen LogP contribution is 2.35. The number of nitrogens with zero attached hydrogens (tertiary/aromatic N) is 3. The third-order valence-electron chi connectivity index (χ3n) is 4.14. The van der Waals surface area contributed by atoms with Gasteiger partial charge < -0.3 is 5.11 Å². The Bertz CT molecular complexity index is 994. The summed E-state index contributed by atoms with van der Waals surface area (Å²) in [5, 5.41) is 21.1. The number of amides is 1. The monoisotopic (exact) mass is 383 g/mol.